The van der Waals surface area contributed by atoms with Crippen LogP contribution in [0.3, 0.4) is 0 Å². The molecular formula is C30H35N5O3. The van der Waals surface area contributed by atoms with Crippen LogP contribution in [0.25, 0.3) is 32.9 Å². The van der Waals surface area contributed by atoms with E-state index in [0.29, 0.717) is 11.9 Å². The third-order valence-electron chi connectivity index (χ3n) is 7.67. The van der Waals surface area contributed by atoms with E-state index in [-0.39, 0.29) is 12.2 Å². The van der Waals surface area contributed by atoms with Crippen molar-refractivity contribution in [1.82, 2.24) is 24.3 Å². The molecule has 4 aromatic rings. The molecular weight excluding hydrogens is 478 g/mol. The number of aromatic nitrogens is 3. The van der Waals surface area contributed by atoms with E-state index in [1.54, 1.807) is 4.90 Å². The molecule has 3 aromatic heterocycles. The summed E-state index contributed by atoms with van der Waals surface area (Å²) in [6.07, 6.45) is 7.53. The maximum Gasteiger partial charge on any atom is 0.410 e. The van der Waals surface area contributed by atoms with Gasteiger partial charge in [-0.2, -0.15) is 0 Å². The van der Waals surface area contributed by atoms with Crippen molar-refractivity contribution in [2.45, 2.75) is 51.4 Å². The standard InChI is InChI=1S/C30H35N5O3/c1-30(2,3)38-29(36)35-18-22(19-35)34-13-10-23(11-14-34)37-28-8-6-21(16-32-28)20-5-7-24-25-17-31-12-9-26(25)33(4)27(24)15-20/h5-9,12,15-17,22-23H,10-11,13-14,18-19H2,1-4H3. The van der Waals surface area contributed by atoms with Crippen molar-refractivity contribution < 1.29 is 14.3 Å². The summed E-state index contributed by atoms with van der Waals surface area (Å²) < 4.78 is 13.9. The number of piperidine rings is 1. The van der Waals surface area contributed by atoms with Gasteiger partial charge in [-0.1, -0.05) is 12.1 Å². The van der Waals surface area contributed by atoms with Gasteiger partial charge in [0, 0.05) is 85.8 Å². The molecule has 0 bridgehead atoms. The van der Waals surface area contributed by atoms with Crippen LogP contribution >= 0.6 is 0 Å². The lowest BCUT2D eigenvalue weighted by Gasteiger charge is -2.47. The third kappa shape index (κ3) is 4.80. The maximum atomic E-state index is 12.2. The molecule has 8 heteroatoms. The van der Waals surface area contributed by atoms with Crippen LogP contribution in [0.2, 0.25) is 0 Å². The van der Waals surface area contributed by atoms with Crippen LogP contribution in [0.5, 0.6) is 5.88 Å². The van der Waals surface area contributed by atoms with E-state index in [1.165, 1.54) is 21.8 Å². The van der Waals surface area contributed by atoms with Gasteiger partial charge in [0.25, 0.3) is 0 Å². The van der Waals surface area contributed by atoms with E-state index < -0.39 is 5.60 Å². The second-order valence-corrected chi connectivity index (χ2v) is 11.5. The van der Waals surface area contributed by atoms with Gasteiger partial charge in [0.05, 0.1) is 5.52 Å². The molecule has 1 amide bonds. The quantitative estimate of drug-likeness (QED) is 0.371. The highest BCUT2D eigenvalue weighted by molar-refractivity contribution is 6.08. The summed E-state index contributed by atoms with van der Waals surface area (Å²) in [5, 5.41) is 2.38. The first-order chi connectivity index (χ1) is 18.2. The molecule has 0 atom stereocenters. The van der Waals surface area contributed by atoms with Crippen LogP contribution in [0.4, 0.5) is 4.79 Å². The normalized spacial score (nSPS) is 17.6. The number of nitrogens with zero attached hydrogens (tertiary/aromatic N) is 5. The minimum atomic E-state index is -0.452. The van der Waals surface area contributed by atoms with Gasteiger partial charge in [-0.15, -0.1) is 0 Å². The van der Waals surface area contributed by atoms with Crippen molar-refractivity contribution in [2.75, 3.05) is 26.2 Å². The van der Waals surface area contributed by atoms with Crippen molar-refractivity contribution >= 4 is 27.9 Å². The molecule has 0 saturated carbocycles. The first-order valence-electron chi connectivity index (χ1n) is 13.4. The number of likely N-dealkylation sites (tertiary alicyclic amines) is 2. The monoisotopic (exact) mass is 513 g/mol. The second-order valence-electron chi connectivity index (χ2n) is 11.5. The first kappa shape index (κ1) is 24.7. The zero-order chi connectivity index (χ0) is 26.4. The van der Waals surface area contributed by atoms with Crippen LogP contribution in [0, 0.1) is 0 Å². The summed E-state index contributed by atoms with van der Waals surface area (Å²) in [4.78, 5) is 25.4. The molecule has 0 unspecified atom stereocenters. The highest BCUT2D eigenvalue weighted by Crippen LogP contribution is 2.32. The lowest BCUT2D eigenvalue weighted by atomic mass is 10.0. The number of rotatable bonds is 4. The van der Waals surface area contributed by atoms with Crippen molar-refractivity contribution in [1.29, 1.82) is 0 Å². The predicted molar refractivity (Wildman–Crippen MR) is 148 cm³/mol. The molecule has 0 aliphatic carbocycles. The van der Waals surface area contributed by atoms with Crippen LogP contribution in [0.15, 0.2) is 55.0 Å². The fraction of sp³-hybridized carbons (Fsp3) is 0.433. The van der Waals surface area contributed by atoms with E-state index in [2.05, 4.69) is 56.8 Å². The molecule has 1 aromatic carbocycles. The number of hydrogen-bond acceptors (Lipinski definition) is 6. The van der Waals surface area contributed by atoms with Gasteiger partial charge in [0.1, 0.15) is 11.7 Å². The number of pyridine rings is 2. The minimum absolute atomic E-state index is 0.160. The van der Waals surface area contributed by atoms with Gasteiger partial charge in [-0.3, -0.25) is 9.88 Å². The number of ether oxygens (including phenoxy) is 2. The maximum absolute atomic E-state index is 12.2. The van der Waals surface area contributed by atoms with E-state index >= 15 is 0 Å². The van der Waals surface area contributed by atoms with E-state index in [0.717, 1.165) is 50.1 Å². The number of hydrogen-bond donors (Lipinski definition) is 0. The van der Waals surface area contributed by atoms with Gasteiger partial charge < -0.3 is 18.9 Å². The van der Waals surface area contributed by atoms with Gasteiger partial charge in [-0.25, -0.2) is 9.78 Å². The number of carbonyl (C=O) groups excluding carboxylic acids is 1. The fourth-order valence-corrected chi connectivity index (χ4v) is 5.55. The molecule has 0 radical (unpaired) electrons. The Kier molecular flexibility index (Phi) is 6.22. The summed E-state index contributed by atoms with van der Waals surface area (Å²) in [7, 11) is 2.09. The molecule has 198 valence electrons. The van der Waals surface area contributed by atoms with E-state index in [9.17, 15) is 4.79 Å². The van der Waals surface area contributed by atoms with Crippen molar-refractivity contribution in [2.24, 2.45) is 7.05 Å². The summed E-state index contributed by atoms with van der Waals surface area (Å²) >= 11 is 0. The van der Waals surface area contributed by atoms with Crippen molar-refractivity contribution in [3.05, 3.63) is 55.0 Å². The van der Waals surface area contributed by atoms with Gasteiger partial charge in [0.15, 0.2) is 0 Å². The molecule has 2 aliphatic heterocycles. The lowest BCUT2D eigenvalue weighted by Crippen LogP contribution is -2.63. The molecule has 5 heterocycles. The average molecular weight is 514 g/mol. The largest absolute Gasteiger partial charge is 0.474 e. The van der Waals surface area contributed by atoms with Crippen LogP contribution in [0.1, 0.15) is 33.6 Å². The third-order valence-corrected chi connectivity index (χ3v) is 7.67. The molecule has 0 N–H and O–H groups in total. The van der Waals surface area contributed by atoms with Gasteiger partial charge >= 0.3 is 6.09 Å². The Balaban J connectivity index is 1.03. The SMILES string of the molecule is Cn1c2ccncc2c2ccc(-c3ccc(OC4CCN(C5CN(C(=O)OC(C)(C)C)C5)CC4)nc3)cc21. The Bertz CT molecular complexity index is 1460. The molecule has 6 rings (SSSR count). The number of carbonyl (C=O) groups is 1. The molecule has 38 heavy (non-hydrogen) atoms. The Labute approximate surface area is 223 Å². The topological polar surface area (TPSA) is 72.7 Å². The summed E-state index contributed by atoms with van der Waals surface area (Å²) in [6.45, 7) is 9.12. The summed E-state index contributed by atoms with van der Waals surface area (Å²) in [5.41, 5.74) is 4.10. The Morgan fingerprint density at radius 1 is 0.947 bits per heavy atom. The Morgan fingerprint density at radius 3 is 2.42 bits per heavy atom. The van der Waals surface area contributed by atoms with Crippen LogP contribution in [-0.4, -0.2) is 74.4 Å². The number of fused-ring (bicyclic) bond motifs is 3. The zero-order valence-corrected chi connectivity index (χ0v) is 22.6. The second kappa shape index (κ2) is 9.58. The minimum Gasteiger partial charge on any atom is -0.474 e. The lowest BCUT2D eigenvalue weighted by molar-refractivity contribution is -0.0264. The highest BCUT2D eigenvalue weighted by Gasteiger charge is 2.38. The summed E-state index contributed by atoms with van der Waals surface area (Å²) in [6, 6.07) is 13.1. The van der Waals surface area contributed by atoms with Gasteiger partial charge in [0.2, 0.25) is 5.88 Å². The highest BCUT2D eigenvalue weighted by atomic mass is 16.6. The van der Waals surface area contributed by atoms with Gasteiger partial charge in [-0.05, 0) is 57.4 Å². The van der Waals surface area contributed by atoms with Crippen molar-refractivity contribution in [3.8, 4) is 17.0 Å². The number of benzene rings is 1. The average Bonchev–Trinajstić information content (AvgIpc) is 3.15. The predicted octanol–water partition coefficient (Wildman–Crippen LogP) is 5.25. The Morgan fingerprint density at radius 2 is 1.71 bits per heavy atom. The number of amides is 1. The zero-order valence-electron chi connectivity index (χ0n) is 22.6. The van der Waals surface area contributed by atoms with E-state index in [4.69, 9.17) is 9.47 Å². The summed E-state index contributed by atoms with van der Waals surface area (Å²) in [5.74, 6) is 0.670. The molecule has 8 nitrogen and oxygen atoms in total. The van der Waals surface area contributed by atoms with Crippen LogP contribution in [-0.2, 0) is 11.8 Å². The smallest absolute Gasteiger partial charge is 0.410 e. The molecule has 2 saturated heterocycles. The Hall–Kier alpha value is -3.65. The van der Waals surface area contributed by atoms with Crippen LogP contribution < -0.4 is 4.74 Å². The van der Waals surface area contributed by atoms with E-state index in [1.807, 2.05) is 45.4 Å². The van der Waals surface area contributed by atoms with Crippen molar-refractivity contribution in [3.63, 3.8) is 0 Å². The fourth-order valence-electron chi connectivity index (χ4n) is 5.55. The number of aryl methyl sites for hydroxylation is 1. The molecule has 0 spiro atoms. The first-order valence-corrected chi connectivity index (χ1v) is 13.4. The molecule has 2 aliphatic rings. The molecule has 2 fully saturated rings.